The fourth-order valence-corrected chi connectivity index (χ4v) is 3.78. The van der Waals surface area contributed by atoms with Gasteiger partial charge in [-0.25, -0.2) is 8.42 Å². The second kappa shape index (κ2) is 5.69. The minimum Gasteiger partial charge on any atom is -0.399 e. The van der Waals surface area contributed by atoms with Crippen molar-refractivity contribution in [2.24, 2.45) is 0 Å². The summed E-state index contributed by atoms with van der Waals surface area (Å²) in [5.41, 5.74) is 6.00. The molecule has 106 valence electrons. The summed E-state index contributed by atoms with van der Waals surface area (Å²) in [5.74, 6) is 0. The number of benzene rings is 2. The molecule has 0 fully saturated rings. The van der Waals surface area contributed by atoms with E-state index in [2.05, 4.69) is 4.72 Å². The molecule has 0 aliphatic carbocycles. The molecule has 0 amide bonds. The van der Waals surface area contributed by atoms with Crippen molar-refractivity contribution in [1.82, 2.24) is 0 Å². The van der Waals surface area contributed by atoms with Crippen molar-refractivity contribution in [2.45, 2.75) is 4.90 Å². The van der Waals surface area contributed by atoms with E-state index in [1.807, 2.05) is 0 Å². The second-order valence-electron chi connectivity index (χ2n) is 3.89. The average molecular weight is 352 g/mol. The molecule has 4 nitrogen and oxygen atoms in total. The molecule has 2 rings (SSSR count). The highest BCUT2D eigenvalue weighted by molar-refractivity contribution is 7.92. The lowest BCUT2D eigenvalue weighted by Crippen LogP contribution is -2.14. The number of nitrogens with one attached hydrogen (secondary N) is 1. The highest BCUT2D eigenvalue weighted by Gasteiger charge is 2.20. The lowest BCUT2D eigenvalue weighted by atomic mass is 10.3. The summed E-state index contributed by atoms with van der Waals surface area (Å²) in [5, 5.41) is 0.390. The molecule has 0 unspecified atom stereocenters. The molecule has 0 saturated carbocycles. The maximum atomic E-state index is 12.3. The Morgan fingerprint density at radius 1 is 0.950 bits per heavy atom. The van der Waals surface area contributed by atoms with Gasteiger partial charge in [0.25, 0.3) is 10.0 Å². The molecule has 0 heterocycles. The van der Waals surface area contributed by atoms with Gasteiger partial charge >= 0.3 is 0 Å². The van der Waals surface area contributed by atoms with Crippen LogP contribution in [0, 0.1) is 0 Å². The third-order valence-electron chi connectivity index (χ3n) is 2.44. The summed E-state index contributed by atoms with van der Waals surface area (Å²) in [6.45, 7) is 0. The largest absolute Gasteiger partial charge is 0.399 e. The minimum absolute atomic E-state index is 0.0145. The van der Waals surface area contributed by atoms with Crippen molar-refractivity contribution in [3.8, 4) is 0 Å². The van der Waals surface area contributed by atoms with Crippen molar-refractivity contribution < 1.29 is 8.42 Å². The van der Waals surface area contributed by atoms with Crippen LogP contribution in [0.1, 0.15) is 0 Å². The summed E-state index contributed by atoms with van der Waals surface area (Å²) >= 11 is 17.7. The van der Waals surface area contributed by atoms with Crippen molar-refractivity contribution in [3.63, 3.8) is 0 Å². The van der Waals surface area contributed by atoms with E-state index in [0.717, 1.165) is 0 Å². The Balaban J connectivity index is 2.46. The Hall–Kier alpha value is -1.14. The van der Waals surface area contributed by atoms with Gasteiger partial charge in [-0.15, -0.1) is 0 Å². The van der Waals surface area contributed by atoms with Gasteiger partial charge in [-0.2, -0.15) is 0 Å². The molecule has 0 atom stereocenters. The smallest absolute Gasteiger partial charge is 0.263 e. The summed E-state index contributed by atoms with van der Waals surface area (Å²) in [6, 6.07) is 8.76. The molecule has 0 aromatic heterocycles. The molecule has 0 aliphatic heterocycles. The highest BCUT2D eigenvalue weighted by Crippen LogP contribution is 2.33. The first-order valence-electron chi connectivity index (χ1n) is 5.33. The van der Waals surface area contributed by atoms with E-state index in [0.29, 0.717) is 5.69 Å². The third-order valence-corrected chi connectivity index (χ3v) is 4.91. The first-order valence-corrected chi connectivity index (χ1v) is 7.95. The number of hydrogen-bond donors (Lipinski definition) is 2. The highest BCUT2D eigenvalue weighted by atomic mass is 35.5. The lowest BCUT2D eigenvalue weighted by Gasteiger charge is -2.12. The van der Waals surface area contributed by atoms with Crippen molar-refractivity contribution in [3.05, 3.63) is 51.5 Å². The third kappa shape index (κ3) is 3.12. The Bertz CT molecular complexity index is 743. The van der Waals surface area contributed by atoms with Crippen LogP contribution in [0.3, 0.4) is 0 Å². The molecule has 2 aromatic carbocycles. The topological polar surface area (TPSA) is 72.2 Å². The Labute approximate surface area is 131 Å². The predicted octanol–water partition coefficient (Wildman–Crippen LogP) is 4.03. The van der Waals surface area contributed by atoms with Crippen LogP contribution in [0.5, 0.6) is 0 Å². The average Bonchev–Trinajstić information content (AvgIpc) is 2.33. The number of nitrogens with two attached hydrogens (primary N) is 1. The van der Waals surface area contributed by atoms with E-state index in [1.54, 1.807) is 6.07 Å². The SMILES string of the molecule is Nc1ccc(S(=O)(=O)Nc2c(Cl)cccc2Cl)c(Cl)c1. The van der Waals surface area contributed by atoms with Crippen molar-refractivity contribution in [2.75, 3.05) is 10.5 Å². The van der Waals surface area contributed by atoms with E-state index >= 15 is 0 Å². The first-order chi connectivity index (χ1) is 9.31. The van der Waals surface area contributed by atoms with Crippen LogP contribution in [-0.2, 0) is 10.0 Å². The van der Waals surface area contributed by atoms with Gasteiger partial charge in [0, 0.05) is 5.69 Å². The minimum atomic E-state index is -3.91. The monoisotopic (exact) mass is 350 g/mol. The zero-order valence-electron chi connectivity index (χ0n) is 9.90. The molecule has 0 bridgehead atoms. The zero-order chi connectivity index (χ0) is 14.9. The number of halogens is 3. The van der Waals surface area contributed by atoms with Crippen LogP contribution in [0.15, 0.2) is 41.3 Å². The first kappa shape index (κ1) is 15.3. The van der Waals surface area contributed by atoms with Crippen LogP contribution < -0.4 is 10.5 Å². The molecule has 3 N–H and O–H groups in total. The van der Waals surface area contributed by atoms with Gasteiger partial charge in [0.1, 0.15) is 4.90 Å². The van der Waals surface area contributed by atoms with E-state index in [9.17, 15) is 8.42 Å². The van der Waals surface area contributed by atoms with Crippen LogP contribution in [-0.4, -0.2) is 8.42 Å². The lowest BCUT2D eigenvalue weighted by molar-refractivity contribution is 0.601. The normalized spacial score (nSPS) is 11.3. The van der Waals surface area contributed by atoms with Crippen molar-refractivity contribution in [1.29, 1.82) is 0 Å². The van der Waals surface area contributed by atoms with E-state index < -0.39 is 10.0 Å². The Morgan fingerprint density at radius 3 is 2.10 bits per heavy atom. The number of para-hydroxylation sites is 1. The molecular weight excluding hydrogens is 343 g/mol. The predicted molar refractivity (Wildman–Crippen MR) is 83.1 cm³/mol. The van der Waals surface area contributed by atoms with Gasteiger partial charge in [0.05, 0.1) is 20.8 Å². The number of hydrogen-bond acceptors (Lipinski definition) is 3. The number of anilines is 2. The molecule has 0 spiro atoms. The standard InChI is InChI=1S/C12H9Cl3N2O2S/c13-8-2-1-3-9(14)12(8)17-20(18,19)11-5-4-7(16)6-10(11)15/h1-6,17H,16H2. The van der Waals surface area contributed by atoms with Gasteiger partial charge in [-0.05, 0) is 30.3 Å². The summed E-state index contributed by atoms with van der Waals surface area (Å²) < 4.78 is 26.9. The maximum Gasteiger partial charge on any atom is 0.263 e. The second-order valence-corrected chi connectivity index (χ2v) is 6.76. The molecule has 20 heavy (non-hydrogen) atoms. The molecule has 0 saturated heterocycles. The summed E-state index contributed by atoms with van der Waals surface area (Å²) in [4.78, 5) is -0.107. The summed E-state index contributed by atoms with van der Waals surface area (Å²) in [6.07, 6.45) is 0. The van der Waals surface area contributed by atoms with E-state index in [-0.39, 0.29) is 25.7 Å². The number of sulfonamides is 1. The Morgan fingerprint density at radius 2 is 1.55 bits per heavy atom. The van der Waals surface area contributed by atoms with Crippen LogP contribution in [0.25, 0.3) is 0 Å². The van der Waals surface area contributed by atoms with Gasteiger partial charge in [-0.3, -0.25) is 4.72 Å². The molecule has 8 heteroatoms. The van der Waals surface area contributed by atoms with Crippen LogP contribution in [0.2, 0.25) is 15.1 Å². The fraction of sp³-hybridized carbons (Fsp3) is 0. The molecule has 0 radical (unpaired) electrons. The van der Waals surface area contributed by atoms with Gasteiger partial charge < -0.3 is 5.73 Å². The van der Waals surface area contributed by atoms with Crippen LogP contribution in [0.4, 0.5) is 11.4 Å². The Kier molecular flexibility index (Phi) is 4.34. The number of nitrogen functional groups attached to an aromatic ring is 1. The quantitative estimate of drug-likeness (QED) is 0.820. The van der Waals surface area contributed by atoms with Gasteiger partial charge in [0.15, 0.2) is 0 Å². The van der Waals surface area contributed by atoms with Gasteiger partial charge in [0.2, 0.25) is 0 Å². The molecular formula is C12H9Cl3N2O2S. The fourth-order valence-electron chi connectivity index (χ4n) is 1.52. The summed E-state index contributed by atoms with van der Waals surface area (Å²) in [7, 11) is -3.91. The van der Waals surface area contributed by atoms with Gasteiger partial charge in [-0.1, -0.05) is 40.9 Å². The zero-order valence-corrected chi connectivity index (χ0v) is 13.0. The molecule has 2 aromatic rings. The van der Waals surface area contributed by atoms with Crippen LogP contribution >= 0.6 is 34.8 Å². The molecule has 0 aliphatic rings. The maximum absolute atomic E-state index is 12.3. The van der Waals surface area contributed by atoms with Crippen molar-refractivity contribution >= 4 is 56.2 Å². The van der Waals surface area contributed by atoms with E-state index in [1.165, 1.54) is 30.3 Å². The number of rotatable bonds is 3. The van der Waals surface area contributed by atoms with E-state index in [4.69, 9.17) is 40.5 Å².